The highest BCUT2D eigenvalue weighted by Gasteiger charge is 2.17. The van der Waals surface area contributed by atoms with Gasteiger partial charge in [0.25, 0.3) is 0 Å². The number of rotatable bonds is 2. The number of ether oxygens (including phenoxy) is 1. The zero-order valence-electron chi connectivity index (χ0n) is 7.53. The number of benzene rings is 1. The monoisotopic (exact) mass is 296 g/mol. The van der Waals surface area contributed by atoms with Crippen LogP contribution in [0.3, 0.4) is 0 Å². The maximum absolute atomic E-state index is 12.6. The van der Waals surface area contributed by atoms with Gasteiger partial charge in [-0.25, -0.2) is 4.79 Å². The van der Waals surface area contributed by atoms with Crippen molar-refractivity contribution in [3.63, 3.8) is 0 Å². The van der Waals surface area contributed by atoms with Crippen LogP contribution < -0.4 is 0 Å². The van der Waals surface area contributed by atoms with Gasteiger partial charge in [-0.1, -0.05) is 0 Å². The molecular weight excluding hydrogens is 291 g/mol. The number of halogens is 2. The van der Waals surface area contributed by atoms with E-state index in [4.69, 9.17) is 0 Å². The lowest BCUT2D eigenvalue weighted by atomic mass is 10.2. The summed E-state index contributed by atoms with van der Waals surface area (Å²) in [7, 11) is -3.59. The van der Waals surface area contributed by atoms with Gasteiger partial charge in [-0.05, 0) is 34.1 Å². The molecule has 0 aliphatic carbocycles. The highest BCUT2D eigenvalue weighted by Crippen LogP contribution is 2.24. The fourth-order valence-corrected chi connectivity index (χ4v) is 2.42. The molecule has 0 spiro atoms. The third-order valence-corrected chi connectivity index (χ3v) is 3.42. The van der Waals surface area contributed by atoms with E-state index in [-0.39, 0.29) is 10.0 Å². The van der Waals surface area contributed by atoms with Crippen LogP contribution in [0.25, 0.3) is 0 Å². The molecule has 0 saturated heterocycles. The lowest BCUT2D eigenvalue weighted by Crippen LogP contribution is -2.02. The first-order chi connectivity index (χ1) is 6.86. The van der Waals surface area contributed by atoms with Crippen molar-refractivity contribution in [3.8, 4) is 0 Å². The molecule has 1 rings (SSSR count). The molecule has 0 amide bonds. The SMILES string of the molecule is COC(=O)c1ccc(S(=O)(=O)F)c(Br)c1. The van der Waals surface area contributed by atoms with Gasteiger partial charge in [0.15, 0.2) is 0 Å². The van der Waals surface area contributed by atoms with Crippen molar-refractivity contribution in [2.45, 2.75) is 4.90 Å². The van der Waals surface area contributed by atoms with Crippen molar-refractivity contribution in [1.29, 1.82) is 0 Å². The van der Waals surface area contributed by atoms with Gasteiger partial charge >= 0.3 is 16.2 Å². The van der Waals surface area contributed by atoms with Gasteiger partial charge < -0.3 is 4.74 Å². The fourth-order valence-electron chi connectivity index (χ4n) is 0.943. The summed E-state index contributed by atoms with van der Waals surface area (Å²) in [5, 5.41) is 0. The van der Waals surface area contributed by atoms with Crippen molar-refractivity contribution in [2.24, 2.45) is 0 Å². The van der Waals surface area contributed by atoms with E-state index < -0.39 is 21.1 Å². The van der Waals surface area contributed by atoms with Crippen molar-refractivity contribution in [3.05, 3.63) is 28.2 Å². The Morgan fingerprint density at radius 1 is 1.47 bits per heavy atom. The molecule has 0 aliphatic rings. The molecule has 4 nitrogen and oxygen atoms in total. The van der Waals surface area contributed by atoms with Crippen molar-refractivity contribution in [2.75, 3.05) is 7.11 Å². The number of hydrogen-bond donors (Lipinski definition) is 0. The van der Waals surface area contributed by atoms with Crippen LogP contribution in [0.2, 0.25) is 0 Å². The van der Waals surface area contributed by atoms with Crippen LogP contribution in [0.4, 0.5) is 3.89 Å². The maximum atomic E-state index is 12.6. The minimum atomic E-state index is -4.78. The lowest BCUT2D eigenvalue weighted by molar-refractivity contribution is 0.0600. The van der Waals surface area contributed by atoms with Gasteiger partial charge in [0.1, 0.15) is 4.90 Å². The van der Waals surface area contributed by atoms with E-state index in [1.165, 1.54) is 19.2 Å². The van der Waals surface area contributed by atoms with E-state index in [9.17, 15) is 17.1 Å². The van der Waals surface area contributed by atoms with E-state index in [1.54, 1.807) is 0 Å². The molecule has 0 aliphatic heterocycles. The zero-order chi connectivity index (χ0) is 11.6. The van der Waals surface area contributed by atoms with Gasteiger partial charge in [0, 0.05) is 4.47 Å². The Hall–Kier alpha value is -0.950. The zero-order valence-corrected chi connectivity index (χ0v) is 9.93. The summed E-state index contributed by atoms with van der Waals surface area (Å²) >= 11 is 2.85. The Kier molecular flexibility index (Phi) is 3.46. The van der Waals surface area contributed by atoms with Crippen LogP contribution in [0.5, 0.6) is 0 Å². The van der Waals surface area contributed by atoms with Crippen LogP contribution in [0.1, 0.15) is 10.4 Å². The standard InChI is InChI=1S/C8H6BrFO4S/c1-14-8(11)5-2-3-7(6(9)4-5)15(10,12)13/h2-4H,1H3. The third kappa shape index (κ3) is 2.75. The Labute approximate surface area is 94.4 Å². The maximum Gasteiger partial charge on any atom is 0.337 e. The van der Waals surface area contributed by atoms with Crippen LogP contribution in [-0.4, -0.2) is 21.5 Å². The van der Waals surface area contributed by atoms with Crippen LogP contribution in [0, 0.1) is 0 Å². The normalized spacial score (nSPS) is 11.1. The average Bonchev–Trinajstić information content (AvgIpc) is 2.14. The summed E-state index contributed by atoms with van der Waals surface area (Å²) in [6.45, 7) is 0. The number of esters is 1. The predicted molar refractivity (Wildman–Crippen MR) is 53.8 cm³/mol. The summed E-state index contributed by atoms with van der Waals surface area (Å²) in [6.07, 6.45) is 0. The molecule has 15 heavy (non-hydrogen) atoms. The summed E-state index contributed by atoms with van der Waals surface area (Å²) < 4.78 is 38.2. The van der Waals surface area contributed by atoms with Crippen LogP contribution >= 0.6 is 15.9 Å². The second-order valence-electron chi connectivity index (χ2n) is 2.57. The largest absolute Gasteiger partial charge is 0.465 e. The Balaban J connectivity index is 3.27. The number of carbonyl (C=O) groups is 1. The number of methoxy groups -OCH3 is 1. The van der Waals surface area contributed by atoms with Crippen molar-refractivity contribution in [1.82, 2.24) is 0 Å². The first kappa shape index (κ1) is 12.1. The third-order valence-electron chi connectivity index (χ3n) is 1.62. The summed E-state index contributed by atoms with van der Waals surface area (Å²) in [6, 6.07) is 3.34. The highest BCUT2D eigenvalue weighted by atomic mass is 79.9. The van der Waals surface area contributed by atoms with Crippen LogP contribution in [0.15, 0.2) is 27.6 Å². The fraction of sp³-hybridized carbons (Fsp3) is 0.125. The van der Waals surface area contributed by atoms with E-state index >= 15 is 0 Å². The smallest absolute Gasteiger partial charge is 0.337 e. The molecule has 0 radical (unpaired) electrons. The summed E-state index contributed by atoms with van der Waals surface area (Å²) in [5.74, 6) is -0.626. The Morgan fingerprint density at radius 2 is 2.07 bits per heavy atom. The van der Waals surface area contributed by atoms with E-state index in [0.717, 1.165) is 6.07 Å². The van der Waals surface area contributed by atoms with Gasteiger partial charge in [0.05, 0.1) is 12.7 Å². The van der Waals surface area contributed by atoms with Gasteiger partial charge in [-0.15, -0.1) is 3.89 Å². The van der Waals surface area contributed by atoms with Gasteiger partial charge in [-0.2, -0.15) is 8.42 Å². The van der Waals surface area contributed by atoms with Crippen molar-refractivity contribution < 1.29 is 21.8 Å². The van der Waals surface area contributed by atoms with Crippen molar-refractivity contribution >= 4 is 32.1 Å². The van der Waals surface area contributed by atoms with Crippen LogP contribution in [-0.2, 0) is 15.0 Å². The quantitative estimate of drug-likeness (QED) is 0.618. The molecule has 0 N–H and O–H groups in total. The molecule has 1 aromatic rings. The van der Waals surface area contributed by atoms with E-state index in [2.05, 4.69) is 20.7 Å². The first-order valence-electron chi connectivity index (χ1n) is 3.69. The molecular formula is C8H6BrFO4S. The minimum Gasteiger partial charge on any atom is -0.465 e. The number of carbonyl (C=O) groups excluding carboxylic acids is 1. The molecule has 0 bridgehead atoms. The first-order valence-corrected chi connectivity index (χ1v) is 5.86. The summed E-state index contributed by atoms with van der Waals surface area (Å²) in [5.41, 5.74) is 0.136. The average molecular weight is 297 g/mol. The van der Waals surface area contributed by atoms with Gasteiger partial charge in [-0.3, -0.25) is 0 Å². The second kappa shape index (κ2) is 4.28. The molecule has 7 heteroatoms. The molecule has 0 heterocycles. The van der Waals surface area contributed by atoms with E-state index in [0.29, 0.717) is 0 Å². The Morgan fingerprint density at radius 3 is 2.47 bits per heavy atom. The van der Waals surface area contributed by atoms with Gasteiger partial charge in [0.2, 0.25) is 0 Å². The topological polar surface area (TPSA) is 60.4 Å². The Bertz CT molecular complexity index is 497. The summed E-state index contributed by atoms with van der Waals surface area (Å²) in [4.78, 5) is 10.5. The molecule has 0 atom stereocenters. The molecule has 1 aromatic carbocycles. The molecule has 0 unspecified atom stereocenters. The van der Waals surface area contributed by atoms with E-state index in [1.807, 2.05) is 0 Å². The predicted octanol–water partition coefficient (Wildman–Crippen LogP) is 1.89. The second-order valence-corrected chi connectivity index (χ2v) is 4.74. The molecule has 0 aromatic heterocycles. The molecule has 82 valence electrons. The number of hydrogen-bond acceptors (Lipinski definition) is 4. The minimum absolute atomic E-state index is 0.0205. The molecule has 0 fully saturated rings. The highest BCUT2D eigenvalue weighted by molar-refractivity contribution is 9.10. The molecule has 0 saturated carbocycles. The lowest BCUT2D eigenvalue weighted by Gasteiger charge is -2.02.